The highest BCUT2D eigenvalue weighted by molar-refractivity contribution is 7.80. The van der Waals surface area contributed by atoms with Crippen LogP contribution in [0.4, 0.5) is 8.78 Å². The van der Waals surface area contributed by atoms with Crippen LogP contribution >= 0.6 is 12.2 Å². The highest BCUT2D eigenvalue weighted by atomic mass is 32.1. The number of rotatable bonds is 4. The SMILES string of the molecule is Cc1cncc(C2(C(N)=S)CC3CCC(C2)N3CC(F)F)c1. The van der Waals surface area contributed by atoms with E-state index in [4.69, 9.17) is 18.0 Å². The fourth-order valence-corrected chi connectivity index (χ4v) is 4.48. The number of aryl methyl sites for hydroxylation is 1. The maximum absolute atomic E-state index is 12.8. The van der Waals surface area contributed by atoms with Crippen molar-refractivity contribution in [3.8, 4) is 0 Å². The number of thiocarbonyl (C=S) groups is 1. The summed E-state index contributed by atoms with van der Waals surface area (Å²) < 4.78 is 25.6. The van der Waals surface area contributed by atoms with E-state index in [1.54, 1.807) is 6.20 Å². The topological polar surface area (TPSA) is 42.1 Å². The molecule has 120 valence electrons. The van der Waals surface area contributed by atoms with E-state index < -0.39 is 11.8 Å². The van der Waals surface area contributed by atoms with Crippen molar-refractivity contribution in [2.75, 3.05) is 6.54 Å². The van der Waals surface area contributed by atoms with Crippen LogP contribution < -0.4 is 5.73 Å². The van der Waals surface area contributed by atoms with Crippen molar-refractivity contribution in [2.45, 2.75) is 56.5 Å². The summed E-state index contributed by atoms with van der Waals surface area (Å²) in [6.07, 6.45) is 4.67. The molecule has 2 aliphatic rings. The lowest BCUT2D eigenvalue weighted by Crippen LogP contribution is -2.55. The Labute approximate surface area is 134 Å². The van der Waals surface area contributed by atoms with Crippen LogP contribution in [0.25, 0.3) is 0 Å². The molecular weight excluding hydrogens is 304 g/mol. The highest BCUT2D eigenvalue weighted by Crippen LogP contribution is 2.47. The van der Waals surface area contributed by atoms with Crippen molar-refractivity contribution >= 4 is 17.2 Å². The van der Waals surface area contributed by atoms with Gasteiger partial charge in [0.2, 0.25) is 0 Å². The van der Waals surface area contributed by atoms with Gasteiger partial charge in [-0.25, -0.2) is 8.78 Å². The van der Waals surface area contributed by atoms with Gasteiger partial charge in [0.1, 0.15) is 0 Å². The summed E-state index contributed by atoms with van der Waals surface area (Å²) in [4.78, 5) is 6.70. The third-order valence-corrected chi connectivity index (χ3v) is 5.58. The number of alkyl halides is 2. The maximum Gasteiger partial charge on any atom is 0.251 e. The molecule has 0 amide bonds. The molecule has 0 spiro atoms. The zero-order valence-electron chi connectivity index (χ0n) is 12.6. The summed E-state index contributed by atoms with van der Waals surface area (Å²) >= 11 is 5.40. The number of aromatic nitrogens is 1. The summed E-state index contributed by atoms with van der Waals surface area (Å²) in [6.45, 7) is 1.85. The van der Waals surface area contributed by atoms with Gasteiger partial charge in [-0.1, -0.05) is 18.3 Å². The first kappa shape index (κ1) is 15.7. The van der Waals surface area contributed by atoms with Gasteiger partial charge in [0.15, 0.2) is 0 Å². The van der Waals surface area contributed by atoms with Gasteiger partial charge in [0.05, 0.1) is 11.5 Å². The van der Waals surface area contributed by atoms with Crippen LogP contribution in [-0.4, -0.2) is 39.9 Å². The standard InChI is InChI=1S/C16H21F2N3S/c1-10-4-11(8-20-7-10)16(15(19)22)5-12-2-3-13(6-16)21(12)9-14(17)18/h4,7-8,12-14H,2-3,5-6,9H2,1H3,(H2,19,22). The summed E-state index contributed by atoms with van der Waals surface area (Å²) in [5.74, 6) is 0. The van der Waals surface area contributed by atoms with Crippen LogP contribution in [0, 0.1) is 6.92 Å². The molecule has 2 N–H and O–H groups in total. The Morgan fingerprint density at radius 2 is 2.05 bits per heavy atom. The second-order valence-electron chi connectivity index (χ2n) is 6.58. The molecule has 0 aliphatic carbocycles. The monoisotopic (exact) mass is 325 g/mol. The number of piperidine rings is 1. The van der Waals surface area contributed by atoms with Crippen molar-refractivity contribution in [1.29, 1.82) is 0 Å². The number of fused-ring (bicyclic) bond motifs is 2. The van der Waals surface area contributed by atoms with E-state index in [-0.39, 0.29) is 18.6 Å². The van der Waals surface area contributed by atoms with Crippen LogP contribution in [0.1, 0.15) is 36.8 Å². The van der Waals surface area contributed by atoms with Gasteiger partial charge in [0, 0.05) is 29.9 Å². The first-order valence-electron chi connectivity index (χ1n) is 7.68. The molecule has 0 radical (unpaired) electrons. The number of halogens is 2. The average Bonchev–Trinajstić information content (AvgIpc) is 2.70. The minimum absolute atomic E-state index is 0.134. The number of nitrogens with zero attached hydrogens (tertiary/aromatic N) is 2. The second kappa shape index (κ2) is 5.81. The lowest BCUT2D eigenvalue weighted by atomic mass is 9.70. The minimum atomic E-state index is -2.29. The van der Waals surface area contributed by atoms with Crippen LogP contribution in [0.5, 0.6) is 0 Å². The fraction of sp³-hybridized carbons (Fsp3) is 0.625. The summed E-state index contributed by atoms with van der Waals surface area (Å²) in [6, 6.07) is 2.35. The second-order valence-corrected chi connectivity index (χ2v) is 7.02. The quantitative estimate of drug-likeness (QED) is 0.865. The van der Waals surface area contributed by atoms with Gasteiger partial charge in [-0.15, -0.1) is 0 Å². The molecule has 0 saturated carbocycles. The van der Waals surface area contributed by atoms with E-state index in [0.29, 0.717) is 4.99 Å². The van der Waals surface area contributed by atoms with Crippen LogP contribution in [-0.2, 0) is 5.41 Å². The lowest BCUT2D eigenvalue weighted by Gasteiger charge is -2.46. The smallest absolute Gasteiger partial charge is 0.251 e. The Morgan fingerprint density at radius 3 is 2.55 bits per heavy atom. The van der Waals surface area contributed by atoms with E-state index in [1.165, 1.54) is 0 Å². The van der Waals surface area contributed by atoms with Crippen LogP contribution in [0.3, 0.4) is 0 Å². The van der Waals surface area contributed by atoms with Gasteiger partial charge < -0.3 is 5.73 Å². The Bertz CT molecular complexity index is 564. The summed E-state index contributed by atoms with van der Waals surface area (Å²) in [5.41, 5.74) is 7.82. The predicted molar refractivity (Wildman–Crippen MR) is 86.2 cm³/mol. The first-order chi connectivity index (χ1) is 10.4. The van der Waals surface area contributed by atoms with Crippen molar-refractivity contribution in [1.82, 2.24) is 9.88 Å². The van der Waals surface area contributed by atoms with E-state index in [2.05, 4.69) is 11.1 Å². The number of pyridine rings is 1. The summed E-state index contributed by atoms with van der Waals surface area (Å²) in [7, 11) is 0. The molecule has 2 fully saturated rings. The van der Waals surface area contributed by atoms with Crippen molar-refractivity contribution in [3.05, 3.63) is 29.6 Å². The van der Waals surface area contributed by atoms with E-state index in [9.17, 15) is 8.78 Å². The van der Waals surface area contributed by atoms with Crippen LogP contribution in [0.15, 0.2) is 18.5 Å². The Morgan fingerprint density at radius 1 is 1.41 bits per heavy atom. The molecular formula is C16H21F2N3S. The molecule has 2 aliphatic heterocycles. The van der Waals surface area contributed by atoms with Gasteiger partial charge in [0.25, 0.3) is 6.43 Å². The molecule has 2 saturated heterocycles. The predicted octanol–water partition coefficient (Wildman–Crippen LogP) is 2.81. The molecule has 22 heavy (non-hydrogen) atoms. The normalized spacial score (nSPS) is 31.6. The number of hydrogen-bond donors (Lipinski definition) is 1. The highest BCUT2D eigenvalue weighted by Gasteiger charge is 2.51. The molecule has 6 heteroatoms. The molecule has 1 aromatic heterocycles. The maximum atomic E-state index is 12.8. The van der Waals surface area contributed by atoms with Gasteiger partial charge in [-0.05, 0) is 43.7 Å². The third-order valence-electron chi connectivity index (χ3n) is 5.19. The largest absolute Gasteiger partial charge is 0.393 e. The molecule has 2 unspecified atom stereocenters. The Hall–Kier alpha value is -1.14. The molecule has 3 heterocycles. The van der Waals surface area contributed by atoms with Crippen molar-refractivity contribution in [3.63, 3.8) is 0 Å². The van der Waals surface area contributed by atoms with Gasteiger partial charge >= 0.3 is 0 Å². The minimum Gasteiger partial charge on any atom is -0.393 e. The van der Waals surface area contributed by atoms with Crippen molar-refractivity contribution < 1.29 is 8.78 Å². The molecule has 2 atom stereocenters. The van der Waals surface area contributed by atoms with E-state index in [1.807, 2.05) is 18.0 Å². The average molecular weight is 325 g/mol. The number of hydrogen-bond acceptors (Lipinski definition) is 3. The molecule has 3 nitrogen and oxygen atoms in total. The Kier molecular flexibility index (Phi) is 4.16. The van der Waals surface area contributed by atoms with Gasteiger partial charge in [-0.3, -0.25) is 9.88 Å². The number of nitrogens with two attached hydrogens (primary N) is 1. The molecule has 2 bridgehead atoms. The summed E-state index contributed by atoms with van der Waals surface area (Å²) in [5, 5.41) is 0. The first-order valence-corrected chi connectivity index (χ1v) is 8.09. The van der Waals surface area contributed by atoms with Crippen molar-refractivity contribution in [2.24, 2.45) is 5.73 Å². The van der Waals surface area contributed by atoms with E-state index >= 15 is 0 Å². The zero-order chi connectivity index (χ0) is 15.9. The lowest BCUT2D eigenvalue weighted by molar-refractivity contribution is 0.0325. The molecule has 3 rings (SSSR count). The van der Waals surface area contributed by atoms with E-state index in [0.717, 1.165) is 36.8 Å². The molecule has 0 aromatic carbocycles. The van der Waals surface area contributed by atoms with Crippen LogP contribution in [0.2, 0.25) is 0 Å². The zero-order valence-corrected chi connectivity index (χ0v) is 13.5. The fourth-order valence-electron chi connectivity index (χ4n) is 4.19. The Balaban J connectivity index is 1.94. The third kappa shape index (κ3) is 2.63. The van der Waals surface area contributed by atoms with Gasteiger partial charge in [-0.2, -0.15) is 0 Å². The molecule has 1 aromatic rings.